The molecular formula is C17H17NO5S3. The summed E-state index contributed by atoms with van der Waals surface area (Å²) in [4.78, 5) is 49.8. The zero-order chi connectivity index (χ0) is 18.8. The van der Waals surface area contributed by atoms with Crippen LogP contribution in [-0.4, -0.2) is 49.7 Å². The van der Waals surface area contributed by atoms with Crippen LogP contribution in [0.2, 0.25) is 0 Å². The van der Waals surface area contributed by atoms with Gasteiger partial charge in [-0.15, -0.1) is 23.1 Å². The number of Topliss-reactive ketones (excluding diaryl/α,β-unsaturated/α-hetero) is 1. The van der Waals surface area contributed by atoms with Crippen LogP contribution in [0.15, 0.2) is 28.8 Å². The highest BCUT2D eigenvalue weighted by atomic mass is 32.2. The molecule has 1 aromatic rings. The molecule has 1 N–H and O–H groups in total. The van der Waals surface area contributed by atoms with E-state index in [1.165, 1.54) is 34.9 Å². The lowest BCUT2D eigenvalue weighted by molar-refractivity contribution is -0.153. The van der Waals surface area contributed by atoms with Crippen molar-refractivity contribution in [2.75, 3.05) is 11.5 Å². The Kier molecular flexibility index (Phi) is 5.89. The minimum atomic E-state index is -1.16. The molecule has 0 aliphatic carbocycles. The number of thiophene rings is 1. The first-order valence-corrected chi connectivity index (χ1v) is 10.9. The maximum Gasteiger partial charge on any atom is 0.352 e. The van der Waals surface area contributed by atoms with Gasteiger partial charge in [-0.1, -0.05) is 17.8 Å². The van der Waals surface area contributed by atoms with Crippen molar-refractivity contribution in [2.45, 2.75) is 25.1 Å². The summed E-state index contributed by atoms with van der Waals surface area (Å²) in [6.07, 6.45) is 0.441. The second-order valence-electron chi connectivity index (χ2n) is 6.05. The number of thioether (sulfide) groups is 2. The van der Waals surface area contributed by atoms with Gasteiger partial charge in [-0.25, -0.2) is 4.79 Å². The minimum absolute atomic E-state index is 0.00941. The van der Waals surface area contributed by atoms with E-state index in [0.717, 1.165) is 16.6 Å². The van der Waals surface area contributed by atoms with Crippen molar-refractivity contribution in [1.82, 2.24) is 4.90 Å². The Labute approximate surface area is 163 Å². The van der Waals surface area contributed by atoms with Gasteiger partial charge in [0.05, 0.1) is 11.3 Å². The molecule has 2 atom stereocenters. The fraction of sp³-hybridized carbons (Fsp3) is 0.412. The van der Waals surface area contributed by atoms with Crippen LogP contribution < -0.4 is 0 Å². The fourth-order valence-electron chi connectivity index (χ4n) is 3.04. The molecule has 0 aromatic carbocycles. The van der Waals surface area contributed by atoms with Crippen LogP contribution in [0, 0.1) is 5.92 Å². The van der Waals surface area contributed by atoms with E-state index in [4.69, 9.17) is 0 Å². The SMILES string of the molecule is CC(=O)SCC1=C(C(=O)O)N2C(=O)[C@@H](CC(=O)Cc3cccs3)[C@H]2SC1. The Morgan fingerprint density at radius 1 is 1.38 bits per heavy atom. The fourth-order valence-corrected chi connectivity index (χ4v) is 5.94. The molecule has 1 aromatic heterocycles. The van der Waals surface area contributed by atoms with Gasteiger partial charge in [0, 0.05) is 36.1 Å². The zero-order valence-corrected chi connectivity index (χ0v) is 16.4. The van der Waals surface area contributed by atoms with E-state index < -0.39 is 11.9 Å². The van der Waals surface area contributed by atoms with Crippen LogP contribution in [0.1, 0.15) is 18.2 Å². The molecule has 0 spiro atoms. The Bertz CT molecular complexity index is 786. The Balaban J connectivity index is 1.69. The van der Waals surface area contributed by atoms with E-state index in [0.29, 0.717) is 17.7 Å². The van der Waals surface area contributed by atoms with Crippen molar-refractivity contribution in [2.24, 2.45) is 5.92 Å². The highest BCUT2D eigenvalue weighted by molar-refractivity contribution is 8.13. The number of hydrogen-bond acceptors (Lipinski definition) is 7. The average Bonchev–Trinajstić information content (AvgIpc) is 3.09. The smallest absolute Gasteiger partial charge is 0.352 e. The molecule has 2 aliphatic rings. The molecule has 26 heavy (non-hydrogen) atoms. The summed E-state index contributed by atoms with van der Waals surface area (Å²) in [6.45, 7) is 1.43. The van der Waals surface area contributed by atoms with Gasteiger partial charge in [0.25, 0.3) is 0 Å². The van der Waals surface area contributed by atoms with E-state index in [-0.39, 0.29) is 40.1 Å². The zero-order valence-electron chi connectivity index (χ0n) is 14.0. The maximum atomic E-state index is 12.5. The van der Waals surface area contributed by atoms with E-state index in [2.05, 4.69) is 0 Å². The molecule has 138 valence electrons. The van der Waals surface area contributed by atoms with Crippen LogP contribution in [0.3, 0.4) is 0 Å². The van der Waals surface area contributed by atoms with Crippen molar-refractivity contribution < 1.29 is 24.3 Å². The Hall–Kier alpha value is -1.58. The second kappa shape index (κ2) is 7.98. The van der Waals surface area contributed by atoms with Gasteiger partial charge in [-0.3, -0.25) is 19.3 Å². The van der Waals surface area contributed by atoms with E-state index >= 15 is 0 Å². The first kappa shape index (κ1) is 19.2. The molecule has 0 radical (unpaired) electrons. The predicted molar refractivity (Wildman–Crippen MR) is 102 cm³/mol. The van der Waals surface area contributed by atoms with E-state index in [1.807, 2.05) is 17.5 Å². The highest BCUT2D eigenvalue weighted by Gasteiger charge is 2.53. The van der Waals surface area contributed by atoms with Gasteiger partial charge in [0.15, 0.2) is 5.12 Å². The molecule has 9 heteroatoms. The molecule has 6 nitrogen and oxygen atoms in total. The van der Waals surface area contributed by atoms with Gasteiger partial charge in [-0.2, -0.15) is 0 Å². The largest absolute Gasteiger partial charge is 0.477 e. The third-order valence-corrected chi connectivity index (χ3v) is 7.38. The summed E-state index contributed by atoms with van der Waals surface area (Å²) in [7, 11) is 0. The number of amides is 1. The number of hydrogen-bond donors (Lipinski definition) is 1. The summed E-state index contributed by atoms with van der Waals surface area (Å²) >= 11 is 4.01. The third-order valence-electron chi connectivity index (χ3n) is 4.21. The molecule has 3 rings (SSSR count). The van der Waals surface area contributed by atoms with Crippen LogP contribution in [-0.2, 0) is 25.6 Å². The van der Waals surface area contributed by atoms with Gasteiger partial charge in [0.1, 0.15) is 11.5 Å². The van der Waals surface area contributed by atoms with Crippen molar-refractivity contribution in [3.63, 3.8) is 0 Å². The first-order chi connectivity index (χ1) is 12.4. The molecule has 0 bridgehead atoms. The van der Waals surface area contributed by atoms with Crippen molar-refractivity contribution in [3.8, 4) is 0 Å². The summed E-state index contributed by atoms with van der Waals surface area (Å²) in [5.74, 6) is -1.24. The van der Waals surface area contributed by atoms with E-state index in [9.17, 15) is 24.3 Å². The number of carbonyl (C=O) groups is 4. The number of carboxylic acids is 1. The predicted octanol–water partition coefficient (Wildman–Crippen LogP) is 2.40. The molecule has 3 heterocycles. The topological polar surface area (TPSA) is 91.8 Å². The molecular weight excluding hydrogens is 394 g/mol. The quantitative estimate of drug-likeness (QED) is 0.689. The number of aliphatic carboxylic acids is 1. The molecule has 0 saturated carbocycles. The van der Waals surface area contributed by atoms with Crippen LogP contribution in [0.5, 0.6) is 0 Å². The van der Waals surface area contributed by atoms with Crippen molar-refractivity contribution >= 4 is 57.6 Å². The van der Waals surface area contributed by atoms with Gasteiger partial charge < -0.3 is 5.11 Å². The second-order valence-corrected chi connectivity index (χ2v) is 9.34. The summed E-state index contributed by atoms with van der Waals surface area (Å²) in [5.41, 5.74) is 0.560. The Morgan fingerprint density at radius 2 is 2.15 bits per heavy atom. The average molecular weight is 412 g/mol. The van der Waals surface area contributed by atoms with E-state index in [1.54, 1.807) is 0 Å². The summed E-state index contributed by atoms with van der Waals surface area (Å²) < 4.78 is 0. The Morgan fingerprint density at radius 3 is 2.77 bits per heavy atom. The van der Waals surface area contributed by atoms with Crippen molar-refractivity contribution in [1.29, 1.82) is 0 Å². The molecule has 2 aliphatic heterocycles. The van der Waals surface area contributed by atoms with Crippen LogP contribution in [0.4, 0.5) is 0 Å². The number of fused-ring (bicyclic) bond motifs is 1. The summed E-state index contributed by atoms with van der Waals surface area (Å²) in [6, 6.07) is 3.77. The molecule has 1 amide bonds. The number of nitrogens with zero attached hydrogens (tertiary/aromatic N) is 1. The molecule has 0 unspecified atom stereocenters. The van der Waals surface area contributed by atoms with Gasteiger partial charge >= 0.3 is 5.97 Å². The highest BCUT2D eigenvalue weighted by Crippen LogP contribution is 2.45. The van der Waals surface area contributed by atoms with Gasteiger partial charge in [-0.05, 0) is 17.0 Å². The first-order valence-electron chi connectivity index (χ1n) is 7.96. The molecule has 1 saturated heterocycles. The lowest BCUT2D eigenvalue weighted by Gasteiger charge is -2.49. The summed E-state index contributed by atoms with van der Waals surface area (Å²) in [5, 5.41) is 11.0. The number of carbonyl (C=O) groups excluding carboxylic acids is 3. The number of carboxylic acid groups (broad SMARTS) is 1. The molecule has 1 fully saturated rings. The maximum absolute atomic E-state index is 12.5. The lowest BCUT2D eigenvalue weighted by Crippen LogP contribution is -2.62. The van der Waals surface area contributed by atoms with Gasteiger partial charge in [0.2, 0.25) is 5.91 Å². The number of rotatable bonds is 7. The normalized spacial score (nSPS) is 22.0. The monoisotopic (exact) mass is 411 g/mol. The van der Waals surface area contributed by atoms with Crippen LogP contribution >= 0.6 is 34.9 Å². The number of β-lactam (4-membered cyclic amide) rings is 1. The lowest BCUT2D eigenvalue weighted by atomic mass is 9.90. The third kappa shape index (κ3) is 3.89. The minimum Gasteiger partial charge on any atom is -0.477 e. The van der Waals surface area contributed by atoms with Crippen molar-refractivity contribution in [3.05, 3.63) is 33.7 Å². The number of ketones is 1. The van der Waals surface area contributed by atoms with Crippen LogP contribution in [0.25, 0.3) is 0 Å². The standard InChI is InChI=1S/C17H17NO5S3/c1-9(19)25-7-10-8-26-16-13(15(21)18(16)14(10)17(22)23)6-11(20)5-12-3-2-4-24-12/h2-4,13,16H,5-8H2,1H3,(H,22,23)/t13-,16-/m1/s1.